The van der Waals surface area contributed by atoms with Crippen LogP contribution in [0.2, 0.25) is 0 Å². The smallest absolute Gasteiger partial charge is 0.125 e. The molecule has 86 valence electrons. The Morgan fingerprint density at radius 1 is 1.12 bits per heavy atom. The van der Waals surface area contributed by atoms with Gasteiger partial charge in [-0.25, -0.2) is 4.39 Å². The molecule has 1 aliphatic heterocycles. The lowest BCUT2D eigenvalue weighted by atomic mass is 10.0. The fourth-order valence-electron chi connectivity index (χ4n) is 2.22. The molecule has 1 N–H and O–H groups in total. The van der Waals surface area contributed by atoms with E-state index in [4.69, 9.17) is 0 Å². The third-order valence-corrected chi connectivity index (χ3v) is 3.63. The van der Waals surface area contributed by atoms with E-state index in [1.54, 1.807) is 6.07 Å². The molecule has 0 aromatic heterocycles. The Balaban J connectivity index is 1.88. The van der Waals surface area contributed by atoms with Crippen LogP contribution in [0, 0.1) is 5.82 Å². The van der Waals surface area contributed by atoms with Crippen LogP contribution in [-0.2, 0) is 6.42 Å². The molecule has 0 amide bonds. The third kappa shape index (κ3) is 2.07. The molecule has 2 aromatic rings. The van der Waals surface area contributed by atoms with E-state index in [1.807, 2.05) is 18.2 Å². The lowest BCUT2D eigenvalue weighted by Crippen LogP contribution is -2.05. The van der Waals surface area contributed by atoms with E-state index in [2.05, 4.69) is 33.4 Å². The van der Waals surface area contributed by atoms with Gasteiger partial charge in [-0.15, -0.1) is 0 Å². The van der Waals surface area contributed by atoms with E-state index in [9.17, 15) is 4.39 Å². The number of hydrogen-bond acceptors (Lipinski definition) is 1. The van der Waals surface area contributed by atoms with Gasteiger partial charge in [-0.3, -0.25) is 0 Å². The quantitative estimate of drug-likeness (QED) is 0.826. The van der Waals surface area contributed by atoms with Crippen molar-refractivity contribution in [1.82, 2.24) is 0 Å². The summed E-state index contributed by atoms with van der Waals surface area (Å²) in [6.45, 7) is 0. The summed E-state index contributed by atoms with van der Waals surface area (Å²) in [6.07, 6.45) is 0.914. The summed E-state index contributed by atoms with van der Waals surface area (Å²) in [7, 11) is 0. The SMILES string of the molecule is Fc1ccc2c(c1)NC(c1ccc(Br)cc1)C2. The van der Waals surface area contributed by atoms with Crippen LogP contribution < -0.4 is 5.32 Å². The van der Waals surface area contributed by atoms with Crippen LogP contribution >= 0.6 is 15.9 Å². The number of nitrogens with one attached hydrogen (secondary N) is 1. The third-order valence-electron chi connectivity index (χ3n) is 3.10. The molecule has 2 aromatic carbocycles. The largest absolute Gasteiger partial charge is 0.378 e. The van der Waals surface area contributed by atoms with Gasteiger partial charge in [-0.05, 0) is 41.8 Å². The molecule has 0 spiro atoms. The summed E-state index contributed by atoms with van der Waals surface area (Å²) in [5, 5.41) is 3.36. The number of hydrogen-bond donors (Lipinski definition) is 1. The Labute approximate surface area is 108 Å². The highest BCUT2D eigenvalue weighted by Gasteiger charge is 2.21. The first kappa shape index (κ1) is 10.8. The van der Waals surface area contributed by atoms with Crippen LogP contribution in [0.1, 0.15) is 17.2 Å². The van der Waals surface area contributed by atoms with Crippen molar-refractivity contribution < 1.29 is 4.39 Å². The molecule has 3 heteroatoms. The second-order valence-electron chi connectivity index (χ2n) is 4.25. The van der Waals surface area contributed by atoms with Crippen LogP contribution in [0.3, 0.4) is 0 Å². The van der Waals surface area contributed by atoms with E-state index in [-0.39, 0.29) is 11.9 Å². The van der Waals surface area contributed by atoms with E-state index in [0.29, 0.717) is 0 Å². The number of fused-ring (bicyclic) bond motifs is 1. The maximum Gasteiger partial charge on any atom is 0.125 e. The van der Waals surface area contributed by atoms with Gasteiger partial charge in [-0.1, -0.05) is 34.1 Å². The van der Waals surface area contributed by atoms with Gasteiger partial charge in [0.15, 0.2) is 0 Å². The molecule has 0 saturated heterocycles. The number of halogens is 2. The second-order valence-corrected chi connectivity index (χ2v) is 5.17. The average molecular weight is 292 g/mol. The van der Waals surface area contributed by atoms with Crippen molar-refractivity contribution in [3.63, 3.8) is 0 Å². The van der Waals surface area contributed by atoms with Crippen molar-refractivity contribution in [3.8, 4) is 0 Å². The van der Waals surface area contributed by atoms with E-state index >= 15 is 0 Å². The molecule has 17 heavy (non-hydrogen) atoms. The minimum absolute atomic E-state index is 0.187. The fraction of sp³-hybridized carbons (Fsp3) is 0.143. The Bertz CT molecular complexity index is 551. The van der Waals surface area contributed by atoms with E-state index in [1.165, 1.54) is 17.2 Å². The predicted octanol–water partition coefficient (Wildman–Crippen LogP) is 4.30. The van der Waals surface area contributed by atoms with Crippen molar-refractivity contribution in [1.29, 1.82) is 0 Å². The van der Waals surface area contributed by atoms with Gasteiger partial charge in [-0.2, -0.15) is 0 Å². The Hall–Kier alpha value is -1.35. The lowest BCUT2D eigenvalue weighted by Gasteiger charge is -2.11. The summed E-state index contributed by atoms with van der Waals surface area (Å²) >= 11 is 3.42. The van der Waals surface area contributed by atoms with Crippen molar-refractivity contribution in [2.45, 2.75) is 12.5 Å². The molecule has 1 heterocycles. The molecule has 0 aliphatic carbocycles. The highest BCUT2D eigenvalue weighted by atomic mass is 79.9. The van der Waals surface area contributed by atoms with Crippen molar-refractivity contribution in [2.24, 2.45) is 0 Å². The van der Waals surface area contributed by atoms with Gasteiger partial charge in [0.25, 0.3) is 0 Å². The van der Waals surface area contributed by atoms with E-state index < -0.39 is 0 Å². The first-order valence-corrected chi connectivity index (χ1v) is 6.32. The molecule has 0 bridgehead atoms. The summed E-state index contributed by atoms with van der Waals surface area (Å²) in [5.74, 6) is -0.187. The minimum atomic E-state index is -0.187. The molecule has 0 radical (unpaired) electrons. The van der Waals surface area contributed by atoms with Gasteiger partial charge in [0.1, 0.15) is 5.82 Å². The van der Waals surface area contributed by atoms with Gasteiger partial charge < -0.3 is 5.32 Å². The topological polar surface area (TPSA) is 12.0 Å². The second kappa shape index (κ2) is 4.15. The normalized spacial score (nSPS) is 17.6. The van der Waals surface area contributed by atoms with Crippen LogP contribution in [-0.4, -0.2) is 0 Å². The van der Waals surface area contributed by atoms with Crippen molar-refractivity contribution >= 4 is 21.6 Å². The first-order valence-electron chi connectivity index (χ1n) is 5.53. The fourth-order valence-corrected chi connectivity index (χ4v) is 2.48. The van der Waals surface area contributed by atoms with Crippen LogP contribution in [0.15, 0.2) is 46.9 Å². The Kier molecular flexibility index (Phi) is 2.63. The number of anilines is 1. The van der Waals surface area contributed by atoms with Gasteiger partial charge >= 0.3 is 0 Å². The minimum Gasteiger partial charge on any atom is -0.378 e. The van der Waals surface area contributed by atoms with Crippen LogP contribution in [0.4, 0.5) is 10.1 Å². The highest BCUT2D eigenvalue weighted by Crippen LogP contribution is 2.34. The molecule has 3 rings (SSSR count). The molecule has 0 saturated carbocycles. The zero-order chi connectivity index (χ0) is 11.8. The molecular weight excluding hydrogens is 281 g/mol. The monoisotopic (exact) mass is 291 g/mol. The molecule has 1 nitrogen and oxygen atoms in total. The number of benzene rings is 2. The van der Waals surface area contributed by atoms with Crippen LogP contribution in [0.25, 0.3) is 0 Å². The zero-order valence-electron chi connectivity index (χ0n) is 9.08. The lowest BCUT2D eigenvalue weighted by molar-refractivity contribution is 0.628. The predicted molar refractivity (Wildman–Crippen MR) is 70.6 cm³/mol. The zero-order valence-corrected chi connectivity index (χ0v) is 10.7. The highest BCUT2D eigenvalue weighted by molar-refractivity contribution is 9.10. The van der Waals surface area contributed by atoms with Crippen molar-refractivity contribution in [2.75, 3.05) is 5.32 Å². The maximum absolute atomic E-state index is 13.1. The summed E-state index contributed by atoms with van der Waals surface area (Å²) in [6, 6.07) is 13.4. The summed E-state index contributed by atoms with van der Waals surface area (Å²) in [5.41, 5.74) is 3.32. The first-order chi connectivity index (χ1) is 8.22. The molecular formula is C14H11BrFN. The van der Waals surface area contributed by atoms with Crippen LogP contribution in [0.5, 0.6) is 0 Å². The molecule has 1 unspecified atom stereocenters. The van der Waals surface area contributed by atoms with E-state index in [0.717, 1.165) is 16.6 Å². The van der Waals surface area contributed by atoms with Gasteiger partial charge in [0.2, 0.25) is 0 Å². The Morgan fingerprint density at radius 2 is 1.88 bits per heavy atom. The average Bonchev–Trinajstić information content (AvgIpc) is 2.72. The molecule has 1 atom stereocenters. The number of rotatable bonds is 1. The maximum atomic E-state index is 13.1. The van der Waals surface area contributed by atoms with Gasteiger partial charge in [0.05, 0.1) is 6.04 Å². The Morgan fingerprint density at radius 3 is 2.65 bits per heavy atom. The summed E-state index contributed by atoms with van der Waals surface area (Å²) < 4.78 is 14.2. The molecule has 1 aliphatic rings. The summed E-state index contributed by atoms with van der Waals surface area (Å²) in [4.78, 5) is 0. The van der Waals surface area contributed by atoms with Gasteiger partial charge in [0, 0.05) is 10.2 Å². The standard InChI is InChI=1S/C14H11BrFN/c15-11-4-1-9(2-5-11)13-7-10-3-6-12(16)8-14(10)17-13/h1-6,8,13,17H,7H2. The van der Waals surface area contributed by atoms with Crippen molar-refractivity contribution in [3.05, 3.63) is 63.9 Å². The molecule has 0 fully saturated rings.